The summed E-state index contributed by atoms with van der Waals surface area (Å²) < 4.78 is 39.2. The predicted molar refractivity (Wildman–Crippen MR) is 73.6 cm³/mol. The van der Waals surface area contributed by atoms with Crippen molar-refractivity contribution in [3.05, 3.63) is 41.2 Å². The molecule has 1 aromatic carbocycles. The summed E-state index contributed by atoms with van der Waals surface area (Å²) in [6.45, 7) is 0. The Morgan fingerprint density at radius 3 is 2.48 bits per heavy atom. The number of aromatic nitrogens is 3. The summed E-state index contributed by atoms with van der Waals surface area (Å²) in [5, 5.41) is 13.1. The second-order valence-electron chi connectivity index (χ2n) is 5.38. The Balaban J connectivity index is 1.98. The minimum atomic E-state index is -4.40. The van der Waals surface area contributed by atoms with Crippen molar-refractivity contribution in [1.29, 1.82) is 0 Å². The van der Waals surface area contributed by atoms with E-state index in [0.717, 1.165) is 12.1 Å². The minimum absolute atomic E-state index is 0.0509. The highest BCUT2D eigenvalue weighted by molar-refractivity contribution is 5.72. The zero-order valence-corrected chi connectivity index (χ0v) is 11.8. The van der Waals surface area contributed by atoms with E-state index < -0.39 is 23.8 Å². The number of halogens is 3. The Bertz CT molecular complexity index is 739. The van der Waals surface area contributed by atoms with Crippen LogP contribution in [0.25, 0.3) is 0 Å². The van der Waals surface area contributed by atoms with Gasteiger partial charge in [0.1, 0.15) is 5.82 Å². The molecule has 0 amide bonds. The number of carbonyl (C=O) groups is 1. The molecule has 0 fully saturated rings. The van der Waals surface area contributed by atoms with E-state index in [1.54, 1.807) is 0 Å². The number of benzene rings is 1. The number of hydrogen-bond acceptors (Lipinski definition) is 4. The molecule has 0 bridgehead atoms. The van der Waals surface area contributed by atoms with Crippen molar-refractivity contribution < 1.29 is 23.1 Å². The van der Waals surface area contributed by atoms with Gasteiger partial charge in [0.15, 0.2) is 6.04 Å². The van der Waals surface area contributed by atoms with Crippen molar-refractivity contribution in [3.8, 4) is 0 Å². The van der Waals surface area contributed by atoms with E-state index >= 15 is 0 Å². The molecule has 2 heterocycles. The van der Waals surface area contributed by atoms with Crippen molar-refractivity contribution >= 4 is 11.9 Å². The number of rotatable bonds is 2. The normalized spacial score (nSPS) is 21.0. The SMILES string of the molecule is Nc1nc2n(n1)C(C(=O)O)CCC2c1ccc(C(F)(F)F)cc1. The number of hydrogen-bond donors (Lipinski definition) is 2. The first-order valence-corrected chi connectivity index (χ1v) is 6.89. The number of nitrogen functional groups attached to an aromatic ring is 1. The van der Waals surface area contributed by atoms with Crippen molar-refractivity contribution in [1.82, 2.24) is 14.8 Å². The first-order valence-electron chi connectivity index (χ1n) is 6.89. The molecule has 2 unspecified atom stereocenters. The predicted octanol–water partition coefficient (Wildman–Crippen LogP) is 2.43. The molecule has 2 atom stereocenters. The van der Waals surface area contributed by atoms with Gasteiger partial charge in [-0.05, 0) is 30.5 Å². The molecule has 1 aliphatic heterocycles. The van der Waals surface area contributed by atoms with E-state index in [1.165, 1.54) is 16.8 Å². The van der Waals surface area contributed by atoms with Crippen LogP contribution in [0.4, 0.5) is 19.1 Å². The fourth-order valence-electron chi connectivity index (χ4n) is 2.84. The van der Waals surface area contributed by atoms with Gasteiger partial charge in [0, 0.05) is 5.92 Å². The lowest BCUT2D eigenvalue weighted by Crippen LogP contribution is -2.28. The van der Waals surface area contributed by atoms with Crippen LogP contribution in [-0.4, -0.2) is 25.8 Å². The number of nitrogens with zero attached hydrogens (tertiary/aromatic N) is 3. The third-order valence-corrected chi connectivity index (χ3v) is 3.94. The zero-order chi connectivity index (χ0) is 16.8. The summed E-state index contributed by atoms with van der Waals surface area (Å²) >= 11 is 0. The van der Waals surface area contributed by atoms with Crippen LogP contribution in [0.5, 0.6) is 0 Å². The van der Waals surface area contributed by atoms with Gasteiger partial charge in [-0.2, -0.15) is 18.2 Å². The number of fused-ring (bicyclic) bond motifs is 1. The topological polar surface area (TPSA) is 94.0 Å². The van der Waals surface area contributed by atoms with Gasteiger partial charge in [0.05, 0.1) is 5.56 Å². The summed E-state index contributed by atoms with van der Waals surface area (Å²) in [5.41, 5.74) is 5.44. The van der Waals surface area contributed by atoms with Crippen LogP contribution in [0.15, 0.2) is 24.3 Å². The van der Waals surface area contributed by atoms with Gasteiger partial charge in [-0.15, -0.1) is 5.10 Å². The van der Waals surface area contributed by atoms with Gasteiger partial charge < -0.3 is 10.8 Å². The highest BCUT2D eigenvalue weighted by Gasteiger charge is 2.35. The largest absolute Gasteiger partial charge is 0.480 e. The molecule has 3 N–H and O–H groups in total. The number of aliphatic carboxylic acids is 1. The van der Waals surface area contributed by atoms with E-state index in [2.05, 4.69) is 10.1 Å². The standard InChI is InChI=1S/C14H13F3N4O2/c15-14(16,17)8-3-1-7(2-4-8)9-5-6-10(12(22)23)21-11(9)19-13(18)20-21/h1-4,9-10H,5-6H2,(H2,18,20)(H,22,23). The van der Waals surface area contributed by atoms with Gasteiger partial charge in [0.25, 0.3) is 0 Å². The molecule has 0 aliphatic carbocycles. The maximum Gasteiger partial charge on any atom is 0.416 e. The molecule has 0 saturated heterocycles. The van der Waals surface area contributed by atoms with Gasteiger partial charge >= 0.3 is 12.1 Å². The molecule has 1 aliphatic rings. The monoisotopic (exact) mass is 326 g/mol. The lowest BCUT2D eigenvalue weighted by molar-refractivity contribution is -0.142. The van der Waals surface area contributed by atoms with E-state index in [0.29, 0.717) is 24.2 Å². The summed E-state index contributed by atoms with van der Waals surface area (Å²) in [6, 6.07) is 3.90. The van der Waals surface area contributed by atoms with Crippen molar-refractivity contribution in [3.63, 3.8) is 0 Å². The molecular weight excluding hydrogens is 313 g/mol. The first kappa shape index (κ1) is 15.3. The highest BCUT2D eigenvalue weighted by Crippen LogP contribution is 2.38. The number of alkyl halides is 3. The summed E-state index contributed by atoms with van der Waals surface area (Å²) in [4.78, 5) is 15.3. The summed E-state index contributed by atoms with van der Waals surface area (Å²) in [5.74, 6) is -1.06. The van der Waals surface area contributed by atoms with Crippen molar-refractivity contribution in [2.24, 2.45) is 0 Å². The maximum atomic E-state index is 12.6. The van der Waals surface area contributed by atoms with Crippen LogP contribution in [0.3, 0.4) is 0 Å². The maximum absolute atomic E-state index is 12.6. The van der Waals surface area contributed by atoms with Crippen LogP contribution in [0, 0.1) is 0 Å². The Labute approximate surface area is 128 Å². The minimum Gasteiger partial charge on any atom is -0.480 e. The molecule has 0 radical (unpaired) electrons. The third-order valence-electron chi connectivity index (χ3n) is 3.94. The summed E-state index contributed by atoms with van der Waals surface area (Å²) in [6.07, 6.45) is -3.65. The highest BCUT2D eigenvalue weighted by atomic mass is 19.4. The average molecular weight is 326 g/mol. The molecule has 122 valence electrons. The average Bonchev–Trinajstić information content (AvgIpc) is 2.86. The zero-order valence-electron chi connectivity index (χ0n) is 11.8. The molecule has 3 rings (SSSR count). The van der Waals surface area contributed by atoms with Crippen LogP contribution < -0.4 is 5.73 Å². The van der Waals surface area contributed by atoms with E-state index in [4.69, 9.17) is 5.73 Å². The quantitative estimate of drug-likeness (QED) is 0.884. The Kier molecular flexibility index (Phi) is 3.50. The van der Waals surface area contributed by atoms with Crippen molar-refractivity contribution in [2.45, 2.75) is 31.0 Å². The molecule has 0 saturated carbocycles. The van der Waals surface area contributed by atoms with E-state index in [9.17, 15) is 23.1 Å². The first-order chi connectivity index (χ1) is 10.8. The lowest BCUT2D eigenvalue weighted by Gasteiger charge is -2.27. The van der Waals surface area contributed by atoms with Gasteiger partial charge in [-0.25, -0.2) is 9.48 Å². The van der Waals surface area contributed by atoms with Crippen LogP contribution in [0.2, 0.25) is 0 Å². The van der Waals surface area contributed by atoms with E-state index in [1.807, 2.05) is 0 Å². The van der Waals surface area contributed by atoms with Crippen LogP contribution in [-0.2, 0) is 11.0 Å². The molecular formula is C14H13F3N4O2. The van der Waals surface area contributed by atoms with Crippen LogP contribution >= 0.6 is 0 Å². The van der Waals surface area contributed by atoms with Crippen molar-refractivity contribution in [2.75, 3.05) is 5.73 Å². The fraction of sp³-hybridized carbons (Fsp3) is 0.357. The summed E-state index contributed by atoms with van der Waals surface area (Å²) in [7, 11) is 0. The molecule has 1 aromatic heterocycles. The number of nitrogens with two attached hydrogens (primary N) is 1. The molecule has 9 heteroatoms. The molecule has 0 spiro atoms. The van der Waals surface area contributed by atoms with Crippen LogP contribution in [0.1, 0.15) is 41.8 Å². The van der Waals surface area contributed by atoms with E-state index in [-0.39, 0.29) is 11.9 Å². The molecule has 2 aromatic rings. The molecule has 23 heavy (non-hydrogen) atoms. The van der Waals surface area contributed by atoms with Gasteiger partial charge in [0.2, 0.25) is 5.95 Å². The van der Waals surface area contributed by atoms with Gasteiger partial charge in [-0.3, -0.25) is 0 Å². The third kappa shape index (κ3) is 2.73. The number of carboxylic acid groups (broad SMARTS) is 1. The fourth-order valence-corrected chi connectivity index (χ4v) is 2.84. The number of carboxylic acids is 1. The second-order valence-corrected chi connectivity index (χ2v) is 5.38. The smallest absolute Gasteiger partial charge is 0.416 e. The molecule has 6 nitrogen and oxygen atoms in total. The lowest BCUT2D eigenvalue weighted by atomic mass is 9.88. The Hall–Kier alpha value is -2.58. The number of anilines is 1. The Morgan fingerprint density at radius 1 is 1.26 bits per heavy atom. The second kappa shape index (κ2) is 5.25. The Morgan fingerprint density at radius 2 is 1.91 bits per heavy atom. The van der Waals surface area contributed by atoms with Gasteiger partial charge in [-0.1, -0.05) is 12.1 Å².